The first-order valence-corrected chi connectivity index (χ1v) is 7.49. The number of benzene rings is 1. The number of hydrogen-bond donors (Lipinski definition) is 2. The van der Waals surface area contributed by atoms with Crippen molar-refractivity contribution in [3.05, 3.63) is 29.6 Å². The number of aliphatic hydroxyl groups excluding tert-OH is 1. The van der Waals surface area contributed by atoms with Gasteiger partial charge in [0.05, 0.1) is 13.2 Å². The summed E-state index contributed by atoms with van der Waals surface area (Å²) in [5.41, 5.74) is 0.821. The van der Waals surface area contributed by atoms with Crippen LogP contribution < -0.4 is 10.1 Å². The molecule has 0 aliphatic carbocycles. The van der Waals surface area contributed by atoms with E-state index in [1.165, 1.54) is 12.1 Å². The van der Waals surface area contributed by atoms with E-state index in [-0.39, 0.29) is 12.4 Å². The van der Waals surface area contributed by atoms with Gasteiger partial charge in [-0.05, 0) is 37.5 Å². The van der Waals surface area contributed by atoms with Crippen LogP contribution in [0.3, 0.4) is 0 Å². The van der Waals surface area contributed by atoms with Gasteiger partial charge in [-0.2, -0.15) is 0 Å². The van der Waals surface area contributed by atoms with Crippen molar-refractivity contribution in [3.63, 3.8) is 0 Å². The highest BCUT2D eigenvalue weighted by Crippen LogP contribution is 2.20. The minimum absolute atomic E-state index is 0.246. The van der Waals surface area contributed by atoms with Gasteiger partial charge in [-0.3, -0.25) is 0 Å². The maximum absolute atomic E-state index is 13.3. The second-order valence-corrected chi connectivity index (χ2v) is 4.91. The molecule has 0 spiro atoms. The van der Waals surface area contributed by atoms with Crippen LogP contribution in [-0.4, -0.2) is 38.6 Å². The lowest BCUT2D eigenvalue weighted by Gasteiger charge is -2.12. The maximum atomic E-state index is 13.3. The van der Waals surface area contributed by atoms with E-state index in [1.54, 1.807) is 13.2 Å². The van der Waals surface area contributed by atoms with Crippen LogP contribution in [-0.2, 0) is 11.3 Å². The smallest absolute Gasteiger partial charge is 0.123 e. The molecule has 1 rings (SSSR count). The molecule has 0 radical (unpaired) electrons. The fourth-order valence-corrected chi connectivity index (χ4v) is 1.97. The summed E-state index contributed by atoms with van der Waals surface area (Å²) < 4.78 is 24.0. The van der Waals surface area contributed by atoms with Gasteiger partial charge in [-0.25, -0.2) is 4.39 Å². The summed E-state index contributed by atoms with van der Waals surface area (Å²) in [5.74, 6) is 0.470. The van der Waals surface area contributed by atoms with Gasteiger partial charge in [0.25, 0.3) is 0 Å². The predicted molar refractivity (Wildman–Crippen MR) is 81.0 cm³/mol. The zero-order valence-electron chi connectivity index (χ0n) is 12.7. The maximum Gasteiger partial charge on any atom is 0.123 e. The van der Waals surface area contributed by atoms with Crippen LogP contribution in [0.2, 0.25) is 0 Å². The number of methoxy groups -OCH3 is 1. The quantitative estimate of drug-likeness (QED) is 0.582. The van der Waals surface area contributed by atoms with E-state index in [0.717, 1.165) is 37.0 Å². The molecule has 21 heavy (non-hydrogen) atoms. The Morgan fingerprint density at radius 1 is 1.14 bits per heavy atom. The number of nitrogens with one attached hydrogen (secondary N) is 1. The molecule has 5 heteroatoms. The average Bonchev–Trinajstić information content (AvgIpc) is 2.49. The molecule has 1 aromatic carbocycles. The molecule has 0 fully saturated rings. The average molecular weight is 299 g/mol. The Morgan fingerprint density at radius 2 is 1.95 bits per heavy atom. The lowest BCUT2D eigenvalue weighted by atomic mass is 10.2. The van der Waals surface area contributed by atoms with Crippen molar-refractivity contribution in [2.75, 3.05) is 33.5 Å². The van der Waals surface area contributed by atoms with Crippen molar-refractivity contribution in [2.45, 2.75) is 32.2 Å². The van der Waals surface area contributed by atoms with Crippen molar-refractivity contribution in [2.24, 2.45) is 0 Å². The molecule has 0 unspecified atom stereocenters. The van der Waals surface area contributed by atoms with E-state index in [4.69, 9.17) is 14.6 Å². The van der Waals surface area contributed by atoms with Crippen LogP contribution in [0.15, 0.2) is 18.2 Å². The Kier molecular flexibility index (Phi) is 9.78. The van der Waals surface area contributed by atoms with Crippen molar-refractivity contribution < 1.29 is 19.0 Å². The second-order valence-electron chi connectivity index (χ2n) is 4.91. The Hall–Kier alpha value is -1.17. The zero-order chi connectivity index (χ0) is 15.3. The Morgan fingerprint density at radius 3 is 2.71 bits per heavy atom. The Balaban J connectivity index is 2.37. The SMILES string of the molecule is COCCNCc1cc(F)ccc1OCCCCCCO. The van der Waals surface area contributed by atoms with E-state index in [2.05, 4.69) is 5.32 Å². The second kappa shape index (κ2) is 11.5. The fourth-order valence-electron chi connectivity index (χ4n) is 1.97. The molecule has 0 saturated heterocycles. The molecule has 1 aromatic rings. The van der Waals surface area contributed by atoms with E-state index >= 15 is 0 Å². The monoisotopic (exact) mass is 299 g/mol. The number of halogens is 1. The summed E-state index contributed by atoms with van der Waals surface area (Å²) in [6, 6.07) is 4.59. The summed E-state index contributed by atoms with van der Waals surface area (Å²) in [6.07, 6.45) is 3.82. The third-order valence-corrected chi connectivity index (χ3v) is 3.13. The van der Waals surface area contributed by atoms with Gasteiger partial charge < -0.3 is 19.9 Å². The molecule has 120 valence electrons. The summed E-state index contributed by atoms with van der Waals surface area (Å²) in [7, 11) is 1.65. The first-order chi connectivity index (χ1) is 10.3. The Labute approximate surface area is 126 Å². The fraction of sp³-hybridized carbons (Fsp3) is 0.625. The minimum atomic E-state index is -0.256. The molecule has 0 aromatic heterocycles. The number of unbranched alkanes of at least 4 members (excludes halogenated alkanes) is 3. The standard InChI is InChI=1S/C16H26FNO3/c1-20-11-8-18-13-14-12-15(17)6-7-16(14)21-10-5-3-2-4-9-19/h6-7,12,18-19H,2-5,8-11,13H2,1H3. The molecule has 0 heterocycles. The molecule has 4 nitrogen and oxygen atoms in total. The highest BCUT2D eigenvalue weighted by atomic mass is 19.1. The van der Waals surface area contributed by atoms with Gasteiger partial charge in [0, 0.05) is 32.4 Å². The van der Waals surface area contributed by atoms with Gasteiger partial charge in [0.15, 0.2) is 0 Å². The third kappa shape index (κ3) is 7.99. The summed E-state index contributed by atoms with van der Waals surface area (Å²) >= 11 is 0. The van der Waals surface area contributed by atoms with E-state index in [1.807, 2.05) is 0 Å². The number of hydrogen-bond acceptors (Lipinski definition) is 4. The van der Waals surface area contributed by atoms with Crippen LogP contribution in [0.25, 0.3) is 0 Å². The number of rotatable bonds is 12. The molecule has 0 bridgehead atoms. The van der Waals surface area contributed by atoms with E-state index < -0.39 is 0 Å². The summed E-state index contributed by atoms with van der Waals surface area (Å²) in [6.45, 7) is 2.75. The van der Waals surface area contributed by atoms with Crippen LogP contribution in [0.4, 0.5) is 4.39 Å². The topological polar surface area (TPSA) is 50.7 Å². The van der Waals surface area contributed by atoms with Crippen molar-refractivity contribution in [1.82, 2.24) is 5.32 Å². The zero-order valence-corrected chi connectivity index (χ0v) is 12.7. The summed E-state index contributed by atoms with van der Waals surface area (Å²) in [5, 5.41) is 11.9. The number of ether oxygens (including phenoxy) is 2. The molecule has 0 atom stereocenters. The molecule has 0 aliphatic heterocycles. The van der Waals surface area contributed by atoms with Crippen LogP contribution >= 0.6 is 0 Å². The van der Waals surface area contributed by atoms with Crippen molar-refractivity contribution in [1.29, 1.82) is 0 Å². The molecule has 2 N–H and O–H groups in total. The molecule has 0 saturated carbocycles. The minimum Gasteiger partial charge on any atom is -0.493 e. The van der Waals surface area contributed by atoms with E-state index in [0.29, 0.717) is 26.3 Å². The normalized spacial score (nSPS) is 10.8. The first kappa shape index (κ1) is 17.9. The van der Waals surface area contributed by atoms with Gasteiger partial charge in [-0.1, -0.05) is 6.42 Å². The lowest BCUT2D eigenvalue weighted by molar-refractivity contribution is 0.199. The van der Waals surface area contributed by atoms with Gasteiger partial charge >= 0.3 is 0 Å². The largest absolute Gasteiger partial charge is 0.493 e. The van der Waals surface area contributed by atoms with Gasteiger partial charge in [-0.15, -0.1) is 0 Å². The van der Waals surface area contributed by atoms with Crippen LogP contribution in [0.1, 0.15) is 31.2 Å². The molecular formula is C16H26FNO3. The molecule has 0 amide bonds. The third-order valence-electron chi connectivity index (χ3n) is 3.13. The van der Waals surface area contributed by atoms with Crippen molar-refractivity contribution in [3.8, 4) is 5.75 Å². The highest BCUT2D eigenvalue weighted by Gasteiger charge is 2.05. The van der Waals surface area contributed by atoms with Crippen LogP contribution in [0.5, 0.6) is 5.75 Å². The van der Waals surface area contributed by atoms with Crippen LogP contribution in [0, 0.1) is 5.82 Å². The Bertz CT molecular complexity index is 388. The molecular weight excluding hydrogens is 273 g/mol. The van der Waals surface area contributed by atoms with Gasteiger partial charge in [0.1, 0.15) is 11.6 Å². The van der Waals surface area contributed by atoms with Crippen molar-refractivity contribution >= 4 is 0 Å². The molecule has 0 aliphatic rings. The highest BCUT2D eigenvalue weighted by molar-refractivity contribution is 5.33. The number of aliphatic hydroxyl groups is 1. The van der Waals surface area contributed by atoms with E-state index in [9.17, 15) is 4.39 Å². The van der Waals surface area contributed by atoms with Gasteiger partial charge in [0.2, 0.25) is 0 Å². The lowest BCUT2D eigenvalue weighted by Crippen LogP contribution is -2.19. The first-order valence-electron chi connectivity index (χ1n) is 7.49. The predicted octanol–water partition coefficient (Wildman–Crippen LogP) is 2.49. The summed E-state index contributed by atoms with van der Waals surface area (Å²) in [4.78, 5) is 0.